The second-order valence-corrected chi connectivity index (χ2v) is 8.28. The van der Waals surface area contributed by atoms with E-state index < -0.39 is 0 Å². The van der Waals surface area contributed by atoms with Gasteiger partial charge in [-0.15, -0.1) is 0 Å². The molecule has 0 N–H and O–H groups in total. The van der Waals surface area contributed by atoms with Crippen LogP contribution in [-0.4, -0.2) is 51.7 Å². The Balaban J connectivity index is 1.39. The molecule has 31 heavy (non-hydrogen) atoms. The molecule has 1 aliphatic heterocycles. The first kappa shape index (κ1) is 21.0. The molecule has 1 saturated heterocycles. The lowest BCUT2D eigenvalue weighted by Crippen LogP contribution is -2.46. The first-order valence-corrected chi connectivity index (χ1v) is 10.8. The van der Waals surface area contributed by atoms with Gasteiger partial charge in [0.2, 0.25) is 11.8 Å². The third kappa shape index (κ3) is 4.90. The number of aromatic nitrogens is 2. The van der Waals surface area contributed by atoms with Crippen LogP contribution >= 0.6 is 0 Å². The van der Waals surface area contributed by atoms with Gasteiger partial charge in [0.25, 0.3) is 0 Å². The molecule has 4 rings (SSSR count). The van der Waals surface area contributed by atoms with E-state index in [4.69, 9.17) is 0 Å². The third-order valence-electron chi connectivity index (χ3n) is 5.92. The summed E-state index contributed by atoms with van der Waals surface area (Å²) < 4.78 is 0. The number of nitrogens with zero attached hydrogens (tertiary/aromatic N) is 4. The van der Waals surface area contributed by atoms with Crippen LogP contribution < -0.4 is 0 Å². The largest absolute Gasteiger partial charge is 0.342 e. The average Bonchev–Trinajstić information content (AvgIpc) is 2.79. The van der Waals surface area contributed by atoms with E-state index in [0.717, 1.165) is 35.0 Å². The number of carbonyl (C=O) groups excluding carboxylic acids is 2. The standard InChI is InChI=1S/C25H28N4O2/c1-18-21-12-6-7-13-22(21)27-23(26-18)17-28(2)25(31)20-11-8-14-29(16-20)24(30)15-19-9-4-3-5-10-19/h3-7,9-10,12-13,20H,8,11,14-17H2,1-2H3. The Kier molecular flexibility index (Phi) is 6.26. The third-order valence-corrected chi connectivity index (χ3v) is 5.92. The number of amides is 2. The smallest absolute Gasteiger partial charge is 0.227 e. The second kappa shape index (κ2) is 9.25. The van der Waals surface area contributed by atoms with Gasteiger partial charge in [0, 0.05) is 31.2 Å². The van der Waals surface area contributed by atoms with Gasteiger partial charge in [-0.05, 0) is 31.4 Å². The van der Waals surface area contributed by atoms with Crippen molar-refractivity contribution >= 4 is 22.7 Å². The highest BCUT2D eigenvalue weighted by Gasteiger charge is 2.30. The highest BCUT2D eigenvalue weighted by atomic mass is 16.2. The summed E-state index contributed by atoms with van der Waals surface area (Å²) in [7, 11) is 1.79. The van der Waals surface area contributed by atoms with Crippen molar-refractivity contribution in [2.75, 3.05) is 20.1 Å². The Morgan fingerprint density at radius 1 is 1.06 bits per heavy atom. The summed E-state index contributed by atoms with van der Waals surface area (Å²) in [5.41, 5.74) is 2.81. The second-order valence-electron chi connectivity index (χ2n) is 8.28. The maximum atomic E-state index is 13.1. The van der Waals surface area contributed by atoms with Gasteiger partial charge in [0.15, 0.2) is 0 Å². The molecule has 0 saturated carbocycles. The van der Waals surface area contributed by atoms with Crippen LogP contribution in [0.2, 0.25) is 0 Å². The summed E-state index contributed by atoms with van der Waals surface area (Å²) in [5, 5.41) is 1.03. The maximum Gasteiger partial charge on any atom is 0.227 e. The monoisotopic (exact) mass is 416 g/mol. The lowest BCUT2D eigenvalue weighted by molar-refractivity contribution is -0.140. The lowest BCUT2D eigenvalue weighted by atomic mass is 9.96. The predicted molar refractivity (Wildman–Crippen MR) is 120 cm³/mol. The van der Waals surface area contributed by atoms with Gasteiger partial charge >= 0.3 is 0 Å². The predicted octanol–water partition coefficient (Wildman–Crippen LogP) is 3.38. The Labute approximate surface area is 182 Å². The molecule has 160 valence electrons. The SMILES string of the molecule is Cc1nc(CN(C)C(=O)C2CCCN(C(=O)Cc3ccccc3)C2)nc2ccccc12. The number of benzene rings is 2. The van der Waals surface area contributed by atoms with E-state index in [9.17, 15) is 9.59 Å². The van der Waals surface area contributed by atoms with Crippen molar-refractivity contribution in [2.45, 2.75) is 32.7 Å². The zero-order valence-corrected chi connectivity index (χ0v) is 18.1. The molecule has 2 aromatic carbocycles. The first-order valence-electron chi connectivity index (χ1n) is 10.8. The summed E-state index contributed by atoms with van der Waals surface area (Å²) in [4.78, 5) is 38.6. The molecule has 3 aromatic rings. The van der Waals surface area contributed by atoms with Crippen molar-refractivity contribution in [3.8, 4) is 0 Å². The number of aryl methyl sites for hydroxylation is 1. The van der Waals surface area contributed by atoms with Gasteiger partial charge < -0.3 is 9.80 Å². The van der Waals surface area contributed by atoms with Gasteiger partial charge in [0.1, 0.15) is 5.82 Å². The van der Waals surface area contributed by atoms with E-state index in [0.29, 0.717) is 31.9 Å². The Morgan fingerprint density at radius 3 is 2.61 bits per heavy atom. The number of fused-ring (bicyclic) bond motifs is 1. The Hall–Kier alpha value is -3.28. The summed E-state index contributed by atoms with van der Waals surface area (Å²) in [6.07, 6.45) is 2.02. The average molecular weight is 417 g/mol. The molecule has 0 bridgehead atoms. The van der Waals surface area contributed by atoms with Crippen LogP contribution in [0.3, 0.4) is 0 Å². The fourth-order valence-electron chi connectivity index (χ4n) is 4.25. The van der Waals surface area contributed by atoms with Crippen molar-refractivity contribution in [3.63, 3.8) is 0 Å². The van der Waals surface area contributed by atoms with Crippen molar-refractivity contribution < 1.29 is 9.59 Å². The molecule has 2 amide bonds. The molecule has 1 atom stereocenters. The fourth-order valence-corrected chi connectivity index (χ4v) is 4.25. The number of carbonyl (C=O) groups is 2. The number of hydrogen-bond donors (Lipinski definition) is 0. The normalized spacial score (nSPS) is 16.3. The molecule has 1 aliphatic rings. The number of para-hydroxylation sites is 1. The zero-order valence-electron chi connectivity index (χ0n) is 18.1. The summed E-state index contributed by atoms with van der Waals surface area (Å²) >= 11 is 0. The van der Waals surface area contributed by atoms with Crippen LogP contribution in [0.4, 0.5) is 0 Å². The van der Waals surface area contributed by atoms with E-state index >= 15 is 0 Å². The minimum Gasteiger partial charge on any atom is -0.342 e. The molecular formula is C25H28N4O2. The van der Waals surface area contributed by atoms with E-state index in [1.165, 1.54) is 0 Å². The van der Waals surface area contributed by atoms with Crippen LogP contribution in [0.1, 0.15) is 29.9 Å². The van der Waals surface area contributed by atoms with Crippen LogP contribution in [0.25, 0.3) is 10.9 Å². The molecule has 2 heterocycles. The molecular weight excluding hydrogens is 388 g/mol. The van der Waals surface area contributed by atoms with Gasteiger partial charge in [-0.25, -0.2) is 9.97 Å². The lowest BCUT2D eigenvalue weighted by Gasteiger charge is -2.34. The van der Waals surface area contributed by atoms with Crippen molar-refractivity contribution in [1.82, 2.24) is 19.8 Å². The van der Waals surface area contributed by atoms with E-state index in [2.05, 4.69) is 9.97 Å². The summed E-state index contributed by atoms with van der Waals surface area (Å²) in [5.74, 6) is 0.589. The van der Waals surface area contributed by atoms with Crippen LogP contribution in [0.15, 0.2) is 54.6 Å². The highest BCUT2D eigenvalue weighted by molar-refractivity contribution is 5.83. The number of likely N-dealkylation sites (tertiary alicyclic amines) is 1. The van der Waals surface area contributed by atoms with E-state index in [1.807, 2.05) is 66.4 Å². The highest BCUT2D eigenvalue weighted by Crippen LogP contribution is 2.21. The van der Waals surface area contributed by atoms with Gasteiger partial charge in [0.05, 0.1) is 24.4 Å². The quantitative estimate of drug-likeness (QED) is 0.640. The summed E-state index contributed by atoms with van der Waals surface area (Å²) in [6, 6.07) is 17.7. The molecule has 0 spiro atoms. The molecule has 6 heteroatoms. The Bertz CT molecular complexity index is 1080. The van der Waals surface area contributed by atoms with E-state index in [-0.39, 0.29) is 17.7 Å². The van der Waals surface area contributed by atoms with Crippen molar-refractivity contribution in [2.24, 2.45) is 5.92 Å². The zero-order chi connectivity index (χ0) is 21.8. The molecule has 0 aliphatic carbocycles. The van der Waals surface area contributed by atoms with Crippen LogP contribution in [-0.2, 0) is 22.6 Å². The fraction of sp³-hybridized carbons (Fsp3) is 0.360. The van der Waals surface area contributed by atoms with Crippen LogP contribution in [0.5, 0.6) is 0 Å². The molecule has 1 unspecified atom stereocenters. The van der Waals surface area contributed by atoms with E-state index in [1.54, 1.807) is 11.9 Å². The number of rotatable bonds is 5. The first-order chi connectivity index (χ1) is 15.0. The van der Waals surface area contributed by atoms with Crippen molar-refractivity contribution in [3.05, 3.63) is 71.7 Å². The Morgan fingerprint density at radius 2 is 1.81 bits per heavy atom. The molecule has 6 nitrogen and oxygen atoms in total. The number of piperidine rings is 1. The molecule has 1 fully saturated rings. The van der Waals surface area contributed by atoms with Gasteiger partial charge in [-0.3, -0.25) is 9.59 Å². The van der Waals surface area contributed by atoms with Gasteiger partial charge in [-0.1, -0.05) is 48.5 Å². The minimum atomic E-state index is -0.181. The van der Waals surface area contributed by atoms with Crippen molar-refractivity contribution in [1.29, 1.82) is 0 Å². The van der Waals surface area contributed by atoms with Crippen LogP contribution in [0, 0.1) is 12.8 Å². The molecule has 0 radical (unpaired) electrons. The minimum absolute atomic E-state index is 0.0478. The number of hydrogen-bond acceptors (Lipinski definition) is 4. The van der Waals surface area contributed by atoms with Gasteiger partial charge in [-0.2, -0.15) is 0 Å². The molecule has 1 aromatic heterocycles. The maximum absolute atomic E-state index is 13.1. The topological polar surface area (TPSA) is 66.4 Å². The summed E-state index contributed by atoms with van der Waals surface area (Å²) in [6.45, 7) is 3.52.